The van der Waals surface area contributed by atoms with Crippen molar-refractivity contribution in [3.05, 3.63) is 0 Å². The molecule has 0 bridgehead atoms. The van der Waals surface area contributed by atoms with Crippen LogP contribution in [-0.4, -0.2) is 23.5 Å². The summed E-state index contributed by atoms with van der Waals surface area (Å²) in [6.07, 6.45) is 7.72. The van der Waals surface area contributed by atoms with Crippen molar-refractivity contribution < 1.29 is 14.7 Å². The third-order valence-corrected chi connectivity index (χ3v) is 4.33. The summed E-state index contributed by atoms with van der Waals surface area (Å²) in [4.78, 5) is 22.1. The van der Waals surface area contributed by atoms with Gasteiger partial charge in [-0.15, -0.1) is 0 Å². The topological polar surface area (TPSA) is 66.4 Å². The second-order valence-electron chi connectivity index (χ2n) is 5.63. The molecule has 1 amide bonds. The monoisotopic (exact) mass is 253 g/mol. The first-order chi connectivity index (χ1) is 8.70. The summed E-state index contributed by atoms with van der Waals surface area (Å²) in [7, 11) is 0. The molecular weight excluding hydrogens is 230 g/mol. The van der Waals surface area contributed by atoms with Crippen LogP contribution >= 0.6 is 0 Å². The molecule has 2 saturated carbocycles. The first-order valence-corrected chi connectivity index (χ1v) is 7.19. The van der Waals surface area contributed by atoms with Gasteiger partial charge in [-0.1, -0.05) is 19.3 Å². The van der Waals surface area contributed by atoms with E-state index in [0.717, 1.165) is 32.2 Å². The van der Waals surface area contributed by atoms with Gasteiger partial charge in [0.25, 0.3) is 0 Å². The summed E-state index contributed by atoms with van der Waals surface area (Å²) < 4.78 is 0. The fourth-order valence-corrected chi connectivity index (χ4v) is 3.29. The molecule has 0 radical (unpaired) electrons. The van der Waals surface area contributed by atoms with Crippen molar-refractivity contribution in [2.45, 2.75) is 51.4 Å². The number of carbonyl (C=O) groups excluding carboxylic acids is 1. The van der Waals surface area contributed by atoms with Crippen LogP contribution < -0.4 is 5.32 Å². The summed E-state index contributed by atoms with van der Waals surface area (Å²) in [5, 5.41) is 11.5. The summed E-state index contributed by atoms with van der Waals surface area (Å²) in [5.74, 6) is 1.26. The average molecular weight is 253 g/mol. The van der Waals surface area contributed by atoms with Crippen LogP contribution in [0.25, 0.3) is 0 Å². The minimum Gasteiger partial charge on any atom is -0.481 e. The molecule has 2 aliphatic rings. The number of carboxylic acid groups (broad SMARTS) is 1. The Hall–Kier alpha value is -1.06. The number of hydrogen-bond donors (Lipinski definition) is 2. The highest BCUT2D eigenvalue weighted by Gasteiger charge is 2.56. The summed E-state index contributed by atoms with van der Waals surface area (Å²) >= 11 is 0. The van der Waals surface area contributed by atoms with Gasteiger partial charge in [-0.2, -0.15) is 0 Å². The molecule has 4 nitrogen and oxygen atoms in total. The van der Waals surface area contributed by atoms with E-state index in [0.29, 0.717) is 17.8 Å². The van der Waals surface area contributed by atoms with E-state index in [9.17, 15) is 9.59 Å². The summed E-state index contributed by atoms with van der Waals surface area (Å²) in [5.41, 5.74) is 0. The Labute approximate surface area is 108 Å². The third-order valence-electron chi connectivity index (χ3n) is 4.33. The van der Waals surface area contributed by atoms with E-state index in [2.05, 4.69) is 5.32 Å². The Morgan fingerprint density at radius 1 is 1.06 bits per heavy atom. The molecule has 2 fully saturated rings. The normalized spacial score (nSPS) is 28.8. The smallest absolute Gasteiger partial charge is 0.303 e. The van der Waals surface area contributed by atoms with Crippen LogP contribution in [0.3, 0.4) is 0 Å². The maximum atomic E-state index is 11.8. The van der Waals surface area contributed by atoms with E-state index in [4.69, 9.17) is 5.11 Å². The van der Waals surface area contributed by atoms with Crippen LogP contribution in [0.1, 0.15) is 51.4 Å². The first-order valence-electron chi connectivity index (χ1n) is 7.19. The second kappa shape index (κ2) is 6.21. The maximum absolute atomic E-state index is 11.8. The Balaban J connectivity index is 1.44. The van der Waals surface area contributed by atoms with Gasteiger partial charge in [-0.05, 0) is 37.5 Å². The average Bonchev–Trinajstić information content (AvgIpc) is 2.81. The van der Waals surface area contributed by atoms with Gasteiger partial charge >= 0.3 is 5.97 Å². The summed E-state index contributed by atoms with van der Waals surface area (Å²) in [6.45, 7) is 0.752. The quantitative estimate of drug-likeness (QED) is 0.652. The van der Waals surface area contributed by atoms with Gasteiger partial charge in [-0.3, -0.25) is 9.59 Å². The minimum atomic E-state index is -0.719. The predicted molar refractivity (Wildman–Crippen MR) is 68.1 cm³/mol. The highest BCUT2D eigenvalue weighted by molar-refractivity contribution is 5.82. The highest BCUT2D eigenvalue weighted by Crippen LogP contribution is 2.57. The molecule has 2 unspecified atom stereocenters. The molecule has 0 saturated heterocycles. The fourth-order valence-electron chi connectivity index (χ4n) is 3.29. The van der Waals surface area contributed by atoms with Crippen molar-refractivity contribution in [3.8, 4) is 0 Å². The highest BCUT2D eigenvalue weighted by atomic mass is 16.4. The lowest BCUT2D eigenvalue weighted by molar-refractivity contribution is -0.137. The maximum Gasteiger partial charge on any atom is 0.303 e. The van der Waals surface area contributed by atoms with Gasteiger partial charge < -0.3 is 10.4 Å². The largest absolute Gasteiger partial charge is 0.481 e. The van der Waals surface area contributed by atoms with Gasteiger partial charge in [0.05, 0.1) is 0 Å². The zero-order valence-corrected chi connectivity index (χ0v) is 10.9. The van der Waals surface area contributed by atoms with Crippen molar-refractivity contribution in [3.63, 3.8) is 0 Å². The summed E-state index contributed by atoms with van der Waals surface area (Å²) in [6, 6.07) is 0. The molecule has 2 rings (SSSR count). The van der Waals surface area contributed by atoms with Crippen LogP contribution in [0, 0.1) is 17.8 Å². The number of hydrogen-bond acceptors (Lipinski definition) is 2. The molecule has 2 N–H and O–H groups in total. The Bertz CT molecular complexity index is 306. The number of carbonyl (C=O) groups is 2. The lowest BCUT2D eigenvalue weighted by atomic mass is 10.1. The molecule has 0 spiro atoms. The lowest BCUT2D eigenvalue weighted by Gasteiger charge is -2.06. The molecule has 18 heavy (non-hydrogen) atoms. The zero-order chi connectivity index (χ0) is 13.0. The van der Waals surface area contributed by atoms with Crippen molar-refractivity contribution in [1.29, 1.82) is 0 Å². The Morgan fingerprint density at radius 3 is 2.39 bits per heavy atom. The van der Waals surface area contributed by atoms with Gasteiger partial charge in [0.1, 0.15) is 0 Å². The predicted octanol–water partition coefficient (Wildman–Crippen LogP) is 2.18. The number of aliphatic carboxylic acids is 1. The lowest BCUT2D eigenvalue weighted by Crippen LogP contribution is -2.27. The second-order valence-corrected chi connectivity index (χ2v) is 5.63. The Kier molecular flexibility index (Phi) is 4.61. The SMILES string of the molecule is O=C(O)CCCCCCNC(=O)C1C2CCCC21. The molecule has 2 aliphatic carbocycles. The van der Waals surface area contributed by atoms with Gasteiger partial charge in [0.2, 0.25) is 5.91 Å². The van der Waals surface area contributed by atoms with E-state index < -0.39 is 5.97 Å². The van der Waals surface area contributed by atoms with Crippen molar-refractivity contribution in [1.82, 2.24) is 5.32 Å². The third kappa shape index (κ3) is 3.47. The molecular formula is C14H23NO3. The van der Waals surface area contributed by atoms with Gasteiger partial charge in [0.15, 0.2) is 0 Å². The van der Waals surface area contributed by atoms with Crippen LogP contribution in [-0.2, 0) is 9.59 Å². The molecule has 4 heteroatoms. The van der Waals surface area contributed by atoms with Crippen molar-refractivity contribution in [2.24, 2.45) is 17.8 Å². The molecule has 0 aromatic rings. The number of unbranched alkanes of at least 4 members (excludes halogenated alkanes) is 3. The van der Waals surface area contributed by atoms with Crippen LogP contribution in [0.4, 0.5) is 0 Å². The van der Waals surface area contributed by atoms with Crippen molar-refractivity contribution in [2.75, 3.05) is 6.54 Å². The first kappa shape index (κ1) is 13.4. The van der Waals surface area contributed by atoms with Gasteiger partial charge in [0, 0.05) is 18.9 Å². The molecule has 102 valence electrons. The number of rotatable bonds is 8. The minimum absolute atomic E-state index is 0.259. The number of nitrogens with one attached hydrogen (secondary N) is 1. The molecule has 0 aromatic heterocycles. The van der Waals surface area contributed by atoms with E-state index >= 15 is 0 Å². The Morgan fingerprint density at radius 2 is 1.72 bits per heavy atom. The zero-order valence-electron chi connectivity index (χ0n) is 10.9. The number of fused-ring (bicyclic) bond motifs is 1. The van der Waals surface area contributed by atoms with E-state index in [1.54, 1.807) is 0 Å². The molecule has 0 aromatic carbocycles. The molecule has 0 heterocycles. The van der Waals surface area contributed by atoms with Crippen molar-refractivity contribution >= 4 is 11.9 Å². The molecule has 0 aliphatic heterocycles. The van der Waals surface area contributed by atoms with Crippen LogP contribution in [0.15, 0.2) is 0 Å². The van der Waals surface area contributed by atoms with E-state index in [1.165, 1.54) is 19.3 Å². The van der Waals surface area contributed by atoms with Crippen LogP contribution in [0.5, 0.6) is 0 Å². The fraction of sp³-hybridized carbons (Fsp3) is 0.857. The number of amides is 1. The standard InChI is InChI=1S/C14H23NO3/c16-12(17)8-3-1-2-4-9-15-14(18)13-10-6-5-7-11(10)13/h10-11,13H,1-9H2,(H,15,18)(H,16,17). The van der Waals surface area contributed by atoms with E-state index in [-0.39, 0.29) is 12.3 Å². The van der Waals surface area contributed by atoms with Crippen LogP contribution in [0.2, 0.25) is 0 Å². The van der Waals surface area contributed by atoms with Gasteiger partial charge in [-0.25, -0.2) is 0 Å². The molecule has 2 atom stereocenters. The van der Waals surface area contributed by atoms with E-state index in [1.807, 2.05) is 0 Å². The number of carboxylic acids is 1.